The van der Waals surface area contributed by atoms with Crippen LogP contribution in [0, 0.1) is 0 Å². The molecule has 0 atom stereocenters. The van der Waals surface area contributed by atoms with Gasteiger partial charge in [-0.05, 0) is 29.8 Å². The van der Waals surface area contributed by atoms with Crippen molar-refractivity contribution in [2.45, 2.75) is 6.54 Å². The monoisotopic (exact) mass is 369 g/mol. The first-order valence-corrected chi connectivity index (χ1v) is 8.47. The number of carbonyl (C=O) groups excluding carboxylic acids is 3. The lowest BCUT2D eigenvalue weighted by molar-refractivity contribution is -0.127. The van der Waals surface area contributed by atoms with E-state index in [1.54, 1.807) is 44.4 Å². The number of hydrogen-bond donors (Lipinski definition) is 2. The maximum absolute atomic E-state index is 12.0. The summed E-state index contributed by atoms with van der Waals surface area (Å²) in [5.41, 5.74) is 1.35. The van der Waals surface area contributed by atoms with Gasteiger partial charge in [-0.25, -0.2) is 0 Å². The van der Waals surface area contributed by atoms with Crippen molar-refractivity contribution >= 4 is 17.7 Å². The van der Waals surface area contributed by atoms with Crippen molar-refractivity contribution in [2.75, 3.05) is 27.2 Å². The highest BCUT2D eigenvalue weighted by molar-refractivity contribution is 5.94. The van der Waals surface area contributed by atoms with Gasteiger partial charge < -0.3 is 20.3 Å². The molecular weight excluding hydrogens is 346 g/mol. The summed E-state index contributed by atoms with van der Waals surface area (Å²) in [4.78, 5) is 37.0. The molecule has 0 unspecified atom stereocenters. The van der Waals surface area contributed by atoms with Gasteiger partial charge in [0.15, 0.2) is 6.61 Å². The Hall–Kier alpha value is -3.35. The Labute approximate surface area is 158 Å². The van der Waals surface area contributed by atoms with E-state index >= 15 is 0 Å². The van der Waals surface area contributed by atoms with E-state index in [1.165, 1.54) is 4.90 Å². The van der Waals surface area contributed by atoms with Gasteiger partial charge in [-0.15, -0.1) is 0 Å². The van der Waals surface area contributed by atoms with E-state index in [0.717, 1.165) is 5.56 Å². The molecule has 0 radical (unpaired) electrons. The maximum atomic E-state index is 12.0. The Morgan fingerprint density at radius 3 is 2.37 bits per heavy atom. The second-order valence-electron chi connectivity index (χ2n) is 6.06. The molecule has 3 amide bonds. The molecule has 2 N–H and O–H groups in total. The Kier molecular flexibility index (Phi) is 7.37. The molecule has 0 aliphatic carbocycles. The van der Waals surface area contributed by atoms with Crippen LogP contribution in [0.3, 0.4) is 0 Å². The highest BCUT2D eigenvalue weighted by Gasteiger charge is 2.09. The van der Waals surface area contributed by atoms with Crippen LogP contribution in [0.25, 0.3) is 0 Å². The molecule has 0 heterocycles. The van der Waals surface area contributed by atoms with E-state index in [-0.39, 0.29) is 37.4 Å². The van der Waals surface area contributed by atoms with Gasteiger partial charge in [-0.2, -0.15) is 0 Å². The third kappa shape index (κ3) is 6.81. The highest BCUT2D eigenvalue weighted by Crippen LogP contribution is 2.08. The van der Waals surface area contributed by atoms with Gasteiger partial charge in [0.1, 0.15) is 5.75 Å². The van der Waals surface area contributed by atoms with Gasteiger partial charge in [0.25, 0.3) is 11.8 Å². The molecule has 7 heteroatoms. The minimum absolute atomic E-state index is 0.103. The third-order valence-electron chi connectivity index (χ3n) is 3.63. The van der Waals surface area contributed by atoms with Crippen LogP contribution in [-0.4, -0.2) is 49.9 Å². The smallest absolute Gasteiger partial charge is 0.258 e. The van der Waals surface area contributed by atoms with Gasteiger partial charge >= 0.3 is 0 Å². The van der Waals surface area contributed by atoms with Crippen LogP contribution >= 0.6 is 0 Å². The Bertz CT molecular complexity index is 791. The zero-order chi connectivity index (χ0) is 19.6. The van der Waals surface area contributed by atoms with Crippen molar-refractivity contribution in [1.82, 2.24) is 15.5 Å². The van der Waals surface area contributed by atoms with Gasteiger partial charge in [0.2, 0.25) is 5.91 Å². The lowest BCUT2D eigenvalue weighted by atomic mass is 10.1. The van der Waals surface area contributed by atoms with Crippen LogP contribution < -0.4 is 15.4 Å². The summed E-state index contributed by atoms with van der Waals surface area (Å²) >= 11 is 0. The van der Waals surface area contributed by atoms with Gasteiger partial charge in [-0.3, -0.25) is 14.4 Å². The van der Waals surface area contributed by atoms with Crippen LogP contribution in [0.15, 0.2) is 54.6 Å². The topological polar surface area (TPSA) is 87.7 Å². The van der Waals surface area contributed by atoms with Gasteiger partial charge in [0, 0.05) is 26.2 Å². The standard InChI is InChI=1S/C20H23N3O4/c1-23(2)20(26)16-8-6-7-15(11-16)12-21-18(24)13-22-19(25)14-27-17-9-4-3-5-10-17/h3-11H,12-14H2,1-2H3,(H,21,24)(H,22,25). The predicted octanol–water partition coefficient (Wildman–Crippen LogP) is 1.20. The number of ether oxygens (including phenoxy) is 1. The summed E-state index contributed by atoms with van der Waals surface area (Å²) in [5, 5.41) is 5.20. The highest BCUT2D eigenvalue weighted by atomic mass is 16.5. The maximum Gasteiger partial charge on any atom is 0.258 e. The number of amides is 3. The van der Waals surface area contributed by atoms with E-state index < -0.39 is 0 Å². The number of carbonyl (C=O) groups is 3. The molecule has 0 fully saturated rings. The quantitative estimate of drug-likeness (QED) is 0.732. The second kappa shape index (κ2) is 9.96. The molecule has 0 saturated carbocycles. The lowest BCUT2D eigenvalue weighted by Crippen LogP contribution is -2.38. The Morgan fingerprint density at radius 1 is 0.926 bits per heavy atom. The van der Waals surface area contributed by atoms with E-state index in [4.69, 9.17) is 4.74 Å². The number of nitrogens with one attached hydrogen (secondary N) is 2. The molecule has 2 aromatic rings. The number of para-hydroxylation sites is 1. The summed E-state index contributed by atoms with van der Waals surface area (Å²) < 4.78 is 5.30. The average molecular weight is 369 g/mol. The van der Waals surface area contributed by atoms with Crippen molar-refractivity contribution in [2.24, 2.45) is 0 Å². The molecule has 27 heavy (non-hydrogen) atoms. The molecule has 0 aromatic heterocycles. The molecule has 2 aromatic carbocycles. The summed E-state index contributed by atoms with van der Waals surface area (Å²) in [6.07, 6.45) is 0. The zero-order valence-electron chi connectivity index (χ0n) is 15.4. The number of nitrogens with zero attached hydrogens (tertiary/aromatic N) is 1. The number of hydrogen-bond acceptors (Lipinski definition) is 4. The van der Waals surface area contributed by atoms with E-state index in [2.05, 4.69) is 10.6 Å². The normalized spacial score (nSPS) is 10.0. The van der Waals surface area contributed by atoms with Crippen LogP contribution in [0.1, 0.15) is 15.9 Å². The van der Waals surface area contributed by atoms with Crippen molar-refractivity contribution in [1.29, 1.82) is 0 Å². The fourth-order valence-electron chi connectivity index (χ4n) is 2.23. The first kappa shape index (κ1) is 20.0. The van der Waals surface area contributed by atoms with Crippen LogP contribution in [0.4, 0.5) is 0 Å². The molecule has 0 saturated heterocycles. The molecule has 7 nitrogen and oxygen atoms in total. The van der Waals surface area contributed by atoms with Crippen molar-refractivity contribution in [3.05, 3.63) is 65.7 Å². The molecule has 142 valence electrons. The minimum atomic E-state index is -0.382. The molecule has 2 rings (SSSR count). The SMILES string of the molecule is CN(C)C(=O)c1cccc(CNC(=O)CNC(=O)COc2ccccc2)c1. The summed E-state index contributed by atoms with van der Waals surface area (Å²) in [7, 11) is 3.36. The van der Waals surface area contributed by atoms with E-state index in [9.17, 15) is 14.4 Å². The van der Waals surface area contributed by atoms with Gasteiger partial charge in [0.05, 0.1) is 6.54 Å². The second-order valence-corrected chi connectivity index (χ2v) is 6.06. The minimum Gasteiger partial charge on any atom is -0.484 e. The lowest BCUT2D eigenvalue weighted by Gasteiger charge is -2.12. The Morgan fingerprint density at radius 2 is 1.67 bits per heavy atom. The first-order chi connectivity index (χ1) is 13.0. The largest absolute Gasteiger partial charge is 0.484 e. The van der Waals surface area contributed by atoms with Crippen molar-refractivity contribution < 1.29 is 19.1 Å². The van der Waals surface area contributed by atoms with Gasteiger partial charge in [-0.1, -0.05) is 30.3 Å². The molecule has 0 spiro atoms. The summed E-state index contributed by atoms with van der Waals surface area (Å²) in [6.45, 7) is -0.0386. The first-order valence-electron chi connectivity index (χ1n) is 8.47. The van der Waals surface area contributed by atoms with E-state index in [0.29, 0.717) is 11.3 Å². The molecule has 0 aliphatic heterocycles. The average Bonchev–Trinajstić information content (AvgIpc) is 2.69. The van der Waals surface area contributed by atoms with E-state index in [1.807, 2.05) is 24.3 Å². The van der Waals surface area contributed by atoms with Crippen molar-refractivity contribution in [3.63, 3.8) is 0 Å². The fourth-order valence-corrected chi connectivity index (χ4v) is 2.23. The summed E-state index contributed by atoms with van der Waals surface area (Å²) in [5.74, 6) is -0.224. The van der Waals surface area contributed by atoms with Crippen molar-refractivity contribution in [3.8, 4) is 5.75 Å². The number of rotatable bonds is 8. The fraction of sp³-hybridized carbons (Fsp3) is 0.250. The predicted molar refractivity (Wildman–Crippen MR) is 101 cm³/mol. The van der Waals surface area contributed by atoms with Crippen LogP contribution in [0.2, 0.25) is 0 Å². The third-order valence-corrected chi connectivity index (χ3v) is 3.63. The zero-order valence-corrected chi connectivity index (χ0v) is 15.4. The van der Waals surface area contributed by atoms with Crippen LogP contribution in [-0.2, 0) is 16.1 Å². The molecule has 0 aliphatic rings. The molecular formula is C20H23N3O4. The Balaban J connectivity index is 1.72. The molecule has 0 bridgehead atoms. The number of benzene rings is 2. The summed E-state index contributed by atoms with van der Waals surface area (Å²) in [6, 6.07) is 16.0. The van der Waals surface area contributed by atoms with Crippen LogP contribution in [0.5, 0.6) is 5.75 Å².